The van der Waals surface area contributed by atoms with Crippen LogP contribution in [0.3, 0.4) is 0 Å². The van der Waals surface area contributed by atoms with Gasteiger partial charge in [-0.15, -0.1) is 0 Å². The number of anilines is 1. The number of pyridine rings is 1. The van der Waals surface area contributed by atoms with Crippen LogP contribution in [0, 0.1) is 11.8 Å². The third-order valence-electron chi connectivity index (χ3n) is 3.07. The molecule has 0 radical (unpaired) electrons. The molecule has 0 amide bonds. The van der Waals surface area contributed by atoms with Crippen LogP contribution in [-0.4, -0.2) is 15.0 Å². The number of rotatable bonds is 4. The molecule has 2 aromatic heterocycles. The van der Waals surface area contributed by atoms with E-state index in [1.54, 1.807) is 36.4 Å². The highest BCUT2D eigenvalue weighted by molar-refractivity contribution is 5.56. The van der Waals surface area contributed by atoms with E-state index in [4.69, 9.17) is 0 Å². The van der Waals surface area contributed by atoms with E-state index in [0.29, 0.717) is 11.4 Å². The highest BCUT2D eigenvalue weighted by Gasteiger charge is 2.09. The molecule has 0 saturated heterocycles. The number of nitrogens with zero attached hydrogens (tertiary/aromatic N) is 3. The van der Waals surface area contributed by atoms with Gasteiger partial charge in [-0.05, 0) is 24.3 Å². The van der Waals surface area contributed by atoms with E-state index in [2.05, 4.69) is 20.3 Å². The Morgan fingerprint density at radius 3 is 2.59 bits per heavy atom. The average Bonchev–Trinajstić information content (AvgIpc) is 2.55. The Labute approximate surface area is 125 Å². The highest BCUT2D eigenvalue weighted by atomic mass is 19.1. The van der Waals surface area contributed by atoms with Crippen LogP contribution in [0.15, 0.2) is 54.9 Å². The van der Waals surface area contributed by atoms with Crippen molar-refractivity contribution in [2.45, 2.75) is 6.54 Å². The van der Waals surface area contributed by atoms with Gasteiger partial charge in [0.2, 0.25) is 5.95 Å². The highest BCUT2D eigenvalue weighted by Crippen LogP contribution is 2.18. The van der Waals surface area contributed by atoms with Crippen LogP contribution in [0.4, 0.5) is 14.6 Å². The molecule has 0 bridgehead atoms. The summed E-state index contributed by atoms with van der Waals surface area (Å²) in [5, 5.41) is 3.00. The van der Waals surface area contributed by atoms with Crippen molar-refractivity contribution in [2.75, 3.05) is 5.32 Å². The van der Waals surface area contributed by atoms with Crippen molar-refractivity contribution in [3.05, 3.63) is 72.2 Å². The summed E-state index contributed by atoms with van der Waals surface area (Å²) < 4.78 is 27.2. The lowest BCUT2D eigenvalue weighted by atomic mass is 10.2. The van der Waals surface area contributed by atoms with Crippen LogP contribution in [0.5, 0.6) is 0 Å². The first-order valence-corrected chi connectivity index (χ1v) is 6.65. The summed E-state index contributed by atoms with van der Waals surface area (Å²) in [5.74, 6) is -0.211. The Hall–Kier alpha value is -2.89. The fraction of sp³-hybridized carbons (Fsp3) is 0.0625. The summed E-state index contributed by atoms with van der Waals surface area (Å²) in [6.45, 7) is 0.276. The van der Waals surface area contributed by atoms with Crippen molar-refractivity contribution < 1.29 is 8.78 Å². The maximum Gasteiger partial charge on any atom is 0.223 e. The Balaban J connectivity index is 1.80. The minimum Gasteiger partial charge on any atom is -0.366 e. The number of hydrogen-bond acceptors (Lipinski definition) is 4. The Morgan fingerprint density at radius 2 is 1.77 bits per heavy atom. The zero-order chi connectivity index (χ0) is 15.4. The van der Waals surface area contributed by atoms with E-state index >= 15 is 0 Å². The molecule has 0 saturated carbocycles. The second kappa shape index (κ2) is 6.26. The standard InChI is InChI=1S/C16H12F2N4/c17-13-6-2-1-4-11(13)10-21-14-7-9-20-16(22-14)12-5-3-8-19-15(12)18/h1-9H,10H2,(H,20,21,22). The zero-order valence-corrected chi connectivity index (χ0v) is 11.5. The smallest absolute Gasteiger partial charge is 0.223 e. The maximum atomic E-state index is 13.6. The molecular formula is C16H12F2N4. The predicted molar refractivity (Wildman–Crippen MR) is 78.9 cm³/mol. The fourth-order valence-electron chi connectivity index (χ4n) is 1.97. The summed E-state index contributed by atoms with van der Waals surface area (Å²) in [4.78, 5) is 11.8. The molecule has 22 heavy (non-hydrogen) atoms. The quantitative estimate of drug-likeness (QED) is 0.750. The molecule has 0 fully saturated rings. The number of hydrogen-bond donors (Lipinski definition) is 1. The van der Waals surface area contributed by atoms with Gasteiger partial charge in [-0.2, -0.15) is 4.39 Å². The van der Waals surface area contributed by atoms with Crippen LogP contribution in [0.25, 0.3) is 11.4 Å². The molecule has 2 heterocycles. The minimum absolute atomic E-state index is 0.219. The SMILES string of the molecule is Fc1ccccc1CNc1ccnc(-c2cccnc2F)n1. The van der Waals surface area contributed by atoms with E-state index in [0.717, 1.165) is 0 Å². The van der Waals surface area contributed by atoms with E-state index < -0.39 is 5.95 Å². The van der Waals surface area contributed by atoms with Gasteiger partial charge in [-0.1, -0.05) is 18.2 Å². The predicted octanol–water partition coefficient (Wildman–Crippen LogP) is 3.43. The third-order valence-corrected chi connectivity index (χ3v) is 3.07. The van der Waals surface area contributed by atoms with Crippen LogP contribution < -0.4 is 5.32 Å². The van der Waals surface area contributed by atoms with E-state index in [1.165, 1.54) is 18.5 Å². The van der Waals surface area contributed by atoms with Gasteiger partial charge < -0.3 is 5.32 Å². The average molecular weight is 298 g/mol. The third kappa shape index (κ3) is 3.06. The number of aromatic nitrogens is 3. The van der Waals surface area contributed by atoms with Crippen LogP contribution in [0.1, 0.15) is 5.56 Å². The Bertz CT molecular complexity index is 792. The molecule has 0 aliphatic carbocycles. The number of nitrogens with one attached hydrogen (secondary N) is 1. The van der Waals surface area contributed by atoms with Crippen molar-refractivity contribution in [3.8, 4) is 11.4 Å². The lowest BCUT2D eigenvalue weighted by Gasteiger charge is -2.08. The molecule has 1 aromatic carbocycles. The molecule has 0 spiro atoms. The molecule has 4 nitrogen and oxygen atoms in total. The van der Waals surface area contributed by atoms with Gasteiger partial charge in [0, 0.05) is 24.5 Å². The largest absolute Gasteiger partial charge is 0.366 e. The fourth-order valence-corrected chi connectivity index (χ4v) is 1.97. The van der Waals surface area contributed by atoms with Gasteiger partial charge in [-0.25, -0.2) is 19.3 Å². The van der Waals surface area contributed by atoms with E-state index in [9.17, 15) is 8.78 Å². The van der Waals surface area contributed by atoms with Crippen LogP contribution in [0.2, 0.25) is 0 Å². The summed E-state index contributed by atoms with van der Waals surface area (Å²) in [6, 6.07) is 11.3. The van der Waals surface area contributed by atoms with Crippen molar-refractivity contribution in [2.24, 2.45) is 0 Å². The summed E-state index contributed by atoms with van der Waals surface area (Å²) >= 11 is 0. The lowest BCUT2D eigenvalue weighted by Crippen LogP contribution is -2.04. The molecule has 6 heteroatoms. The lowest BCUT2D eigenvalue weighted by molar-refractivity contribution is 0.586. The van der Waals surface area contributed by atoms with Gasteiger partial charge in [0.05, 0.1) is 5.56 Å². The van der Waals surface area contributed by atoms with Crippen molar-refractivity contribution in [1.82, 2.24) is 15.0 Å². The molecule has 0 atom stereocenters. The second-order valence-electron chi connectivity index (χ2n) is 4.55. The number of benzene rings is 1. The summed E-state index contributed by atoms with van der Waals surface area (Å²) in [7, 11) is 0. The van der Waals surface area contributed by atoms with E-state index in [-0.39, 0.29) is 23.7 Å². The molecular weight excluding hydrogens is 286 g/mol. The first kappa shape index (κ1) is 14.1. The first-order chi connectivity index (χ1) is 10.7. The molecule has 1 N–H and O–H groups in total. The number of halogens is 2. The Morgan fingerprint density at radius 1 is 0.909 bits per heavy atom. The van der Waals surface area contributed by atoms with Crippen molar-refractivity contribution in [3.63, 3.8) is 0 Å². The van der Waals surface area contributed by atoms with Crippen LogP contribution in [-0.2, 0) is 6.54 Å². The second-order valence-corrected chi connectivity index (χ2v) is 4.55. The van der Waals surface area contributed by atoms with Gasteiger partial charge >= 0.3 is 0 Å². The van der Waals surface area contributed by atoms with Crippen LogP contribution >= 0.6 is 0 Å². The molecule has 0 aliphatic rings. The maximum absolute atomic E-state index is 13.6. The molecule has 3 aromatic rings. The monoisotopic (exact) mass is 298 g/mol. The topological polar surface area (TPSA) is 50.7 Å². The van der Waals surface area contributed by atoms with Gasteiger partial charge in [0.1, 0.15) is 11.6 Å². The zero-order valence-electron chi connectivity index (χ0n) is 11.5. The first-order valence-electron chi connectivity index (χ1n) is 6.65. The summed E-state index contributed by atoms with van der Waals surface area (Å²) in [6.07, 6.45) is 2.87. The molecule has 110 valence electrons. The van der Waals surface area contributed by atoms with E-state index in [1.807, 2.05) is 0 Å². The van der Waals surface area contributed by atoms with Gasteiger partial charge in [0.25, 0.3) is 0 Å². The minimum atomic E-state index is -0.631. The normalized spacial score (nSPS) is 10.5. The Kier molecular flexibility index (Phi) is 4.00. The van der Waals surface area contributed by atoms with Gasteiger partial charge in [-0.3, -0.25) is 0 Å². The molecule has 0 unspecified atom stereocenters. The molecule has 0 aliphatic heterocycles. The molecule has 3 rings (SSSR count). The van der Waals surface area contributed by atoms with Gasteiger partial charge in [0.15, 0.2) is 5.82 Å². The van der Waals surface area contributed by atoms with Crippen molar-refractivity contribution in [1.29, 1.82) is 0 Å². The summed E-state index contributed by atoms with van der Waals surface area (Å²) in [5.41, 5.74) is 0.743. The van der Waals surface area contributed by atoms with Crippen molar-refractivity contribution >= 4 is 5.82 Å².